The minimum absolute atomic E-state index is 0.591. The Labute approximate surface area is 73.2 Å². The van der Waals surface area contributed by atoms with Crippen molar-refractivity contribution in [1.82, 2.24) is 0 Å². The van der Waals surface area contributed by atoms with E-state index in [1.165, 1.54) is 19.3 Å². The highest BCUT2D eigenvalue weighted by molar-refractivity contribution is 4.53. The van der Waals surface area contributed by atoms with Gasteiger partial charge >= 0.3 is 0 Å². The number of azide groups is 1. The number of hydrogen-bond donors (Lipinski definition) is 1. The predicted molar refractivity (Wildman–Crippen MR) is 48.5 cm³/mol. The number of nitrogens with zero attached hydrogens (tertiary/aromatic N) is 3. The zero-order valence-electron chi connectivity index (χ0n) is 7.61. The van der Waals surface area contributed by atoms with Crippen molar-refractivity contribution < 1.29 is 5.11 Å². The van der Waals surface area contributed by atoms with Gasteiger partial charge in [-0.05, 0) is 12.0 Å². The Hall–Kier alpha value is -0.730. The van der Waals surface area contributed by atoms with Crippen LogP contribution in [0.15, 0.2) is 5.11 Å². The molecular weight excluding hydrogens is 154 g/mol. The lowest BCUT2D eigenvalue weighted by Crippen LogP contribution is -1.99. The Kier molecular flexibility index (Phi) is 7.86. The quantitative estimate of drug-likeness (QED) is 0.272. The first-order valence-electron chi connectivity index (χ1n) is 4.53. The standard InChI is InChI=1S/C8H17N3O/c1-2-3-4-5-6-7-8(12)10-11-9/h8,12H,2-7H2,1H3. The van der Waals surface area contributed by atoms with Crippen LogP contribution in [0.2, 0.25) is 0 Å². The van der Waals surface area contributed by atoms with Crippen molar-refractivity contribution in [3.63, 3.8) is 0 Å². The zero-order chi connectivity index (χ0) is 9.23. The summed E-state index contributed by atoms with van der Waals surface area (Å²) in [6, 6.07) is 0. The normalized spacial score (nSPS) is 12.2. The second kappa shape index (κ2) is 8.37. The average Bonchev–Trinajstić information content (AvgIpc) is 2.05. The van der Waals surface area contributed by atoms with Gasteiger partial charge in [0.2, 0.25) is 0 Å². The highest BCUT2D eigenvalue weighted by Crippen LogP contribution is 2.07. The summed E-state index contributed by atoms with van der Waals surface area (Å²) in [7, 11) is 0. The maximum atomic E-state index is 8.99. The van der Waals surface area contributed by atoms with E-state index in [4.69, 9.17) is 10.6 Å². The lowest BCUT2D eigenvalue weighted by molar-refractivity contribution is 0.168. The van der Waals surface area contributed by atoms with Crippen molar-refractivity contribution in [2.75, 3.05) is 0 Å². The van der Waals surface area contributed by atoms with Crippen molar-refractivity contribution >= 4 is 0 Å². The van der Waals surface area contributed by atoms with E-state index in [1.54, 1.807) is 0 Å². The van der Waals surface area contributed by atoms with E-state index in [1.807, 2.05) is 0 Å². The molecule has 0 saturated carbocycles. The van der Waals surface area contributed by atoms with Gasteiger partial charge in [-0.25, -0.2) is 0 Å². The third-order valence-corrected chi connectivity index (χ3v) is 1.75. The monoisotopic (exact) mass is 171 g/mol. The molecule has 0 rings (SSSR count). The van der Waals surface area contributed by atoms with Gasteiger partial charge in [0, 0.05) is 4.91 Å². The Morgan fingerprint density at radius 3 is 2.58 bits per heavy atom. The largest absolute Gasteiger partial charge is 0.387 e. The van der Waals surface area contributed by atoms with Crippen LogP contribution in [0, 0.1) is 0 Å². The fourth-order valence-corrected chi connectivity index (χ4v) is 1.05. The summed E-state index contributed by atoms with van der Waals surface area (Å²) >= 11 is 0. The number of rotatable bonds is 7. The van der Waals surface area contributed by atoms with Crippen molar-refractivity contribution in [3.05, 3.63) is 10.4 Å². The van der Waals surface area contributed by atoms with Crippen LogP contribution in [0.5, 0.6) is 0 Å². The summed E-state index contributed by atoms with van der Waals surface area (Å²) in [5, 5.41) is 12.2. The highest BCUT2D eigenvalue weighted by atomic mass is 16.3. The molecule has 0 saturated heterocycles. The summed E-state index contributed by atoms with van der Waals surface area (Å²) in [5.74, 6) is 0. The van der Waals surface area contributed by atoms with Crippen LogP contribution in [0.3, 0.4) is 0 Å². The summed E-state index contributed by atoms with van der Waals surface area (Å²) in [4.78, 5) is 2.53. The fourth-order valence-electron chi connectivity index (χ4n) is 1.05. The number of unbranched alkanes of at least 4 members (excludes halogenated alkanes) is 4. The Morgan fingerprint density at radius 1 is 1.33 bits per heavy atom. The molecule has 1 atom stereocenters. The molecule has 0 spiro atoms. The van der Waals surface area contributed by atoms with E-state index < -0.39 is 6.23 Å². The Bertz CT molecular complexity index is 143. The van der Waals surface area contributed by atoms with Gasteiger partial charge in [-0.3, -0.25) is 0 Å². The van der Waals surface area contributed by atoms with Crippen LogP contribution >= 0.6 is 0 Å². The van der Waals surface area contributed by atoms with Crippen molar-refractivity contribution in [3.8, 4) is 0 Å². The smallest absolute Gasteiger partial charge is 0.133 e. The molecule has 0 aliphatic carbocycles. The van der Waals surface area contributed by atoms with Gasteiger partial charge in [-0.2, -0.15) is 0 Å². The van der Waals surface area contributed by atoms with E-state index in [-0.39, 0.29) is 0 Å². The molecule has 0 aromatic rings. The van der Waals surface area contributed by atoms with Gasteiger partial charge in [0.15, 0.2) is 0 Å². The first-order chi connectivity index (χ1) is 5.81. The molecule has 0 radical (unpaired) electrons. The van der Waals surface area contributed by atoms with Crippen molar-refractivity contribution in [2.45, 2.75) is 51.7 Å². The summed E-state index contributed by atoms with van der Waals surface area (Å²) < 4.78 is 0. The van der Waals surface area contributed by atoms with Gasteiger partial charge < -0.3 is 5.11 Å². The third-order valence-electron chi connectivity index (χ3n) is 1.75. The lowest BCUT2D eigenvalue weighted by Gasteiger charge is -2.02. The van der Waals surface area contributed by atoms with Gasteiger partial charge in [0.1, 0.15) is 6.23 Å². The van der Waals surface area contributed by atoms with Crippen molar-refractivity contribution in [1.29, 1.82) is 0 Å². The van der Waals surface area contributed by atoms with Crippen LogP contribution in [0.25, 0.3) is 10.4 Å². The molecular formula is C8H17N3O. The first kappa shape index (κ1) is 11.3. The molecule has 12 heavy (non-hydrogen) atoms. The minimum Gasteiger partial charge on any atom is -0.387 e. The number of hydrogen-bond acceptors (Lipinski definition) is 2. The van der Waals surface area contributed by atoms with Crippen LogP contribution in [0.4, 0.5) is 0 Å². The van der Waals surface area contributed by atoms with Gasteiger partial charge in [0.25, 0.3) is 0 Å². The first-order valence-corrected chi connectivity index (χ1v) is 4.53. The van der Waals surface area contributed by atoms with E-state index in [0.717, 1.165) is 12.8 Å². The summed E-state index contributed by atoms with van der Waals surface area (Å²) in [6.45, 7) is 2.16. The Balaban J connectivity index is 3.13. The highest BCUT2D eigenvalue weighted by Gasteiger charge is 1.98. The maximum absolute atomic E-state index is 8.99. The molecule has 0 aliphatic heterocycles. The molecule has 0 amide bonds. The van der Waals surface area contributed by atoms with Crippen LogP contribution in [-0.2, 0) is 0 Å². The fraction of sp³-hybridized carbons (Fsp3) is 1.00. The molecule has 4 nitrogen and oxygen atoms in total. The molecule has 70 valence electrons. The topological polar surface area (TPSA) is 69.0 Å². The SMILES string of the molecule is CCCCCCCC(O)N=[N+]=[N-]. The van der Waals surface area contributed by atoms with Crippen LogP contribution < -0.4 is 0 Å². The van der Waals surface area contributed by atoms with E-state index in [0.29, 0.717) is 6.42 Å². The second-order valence-corrected chi connectivity index (χ2v) is 2.89. The van der Waals surface area contributed by atoms with Gasteiger partial charge in [-0.15, -0.1) is 0 Å². The molecule has 1 N–H and O–H groups in total. The summed E-state index contributed by atoms with van der Waals surface area (Å²) in [6.07, 6.45) is 5.51. The molecule has 0 aromatic carbocycles. The Morgan fingerprint density at radius 2 is 2.00 bits per heavy atom. The zero-order valence-corrected chi connectivity index (χ0v) is 7.61. The minimum atomic E-state index is -0.823. The third kappa shape index (κ3) is 7.38. The molecule has 1 unspecified atom stereocenters. The molecule has 0 fully saturated rings. The molecule has 0 heterocycles. The van der Waals surface area contributed by atoms with Crippen LogP contribution in [-0.4, -0.2) is 11.3 Å². The number of aliphatic hydroxyl groups is 1. The second-order valence-electron chi connectivity index (χ2n) is 2.89. The van der Waals surface area contributed by atoms with E-state index in [2.05, 4.69) is 16.9 Å². The summed E-state index contributed by atoms with van der Waals surface area (Å²) in [5.41, 5.74) is 7.98. The van der Waals surface area contributed by atoms with Crippen LogP contribution in [0.1, 0.15) is 45.4 Å². The molecule has 4 heteroatoms. The van der Waals surface area contributed by atoms with E-state index >= 15 is 0 Å². The number of aliphatic hydroxyl groups excluding tert-OH is 1. The predicted octanol–water partition coefficient (Wildman–Crippen LogP) is 2.98. The van der Waals surface area contributed by atoms with E-state index in [9.17, 15) is 0 Å². The van der Waals surface area contributed by atoms with Crippen molar-refractivity contribution in [2.24, 2.45) is 5.11 Å². The van der Waals surface area contributed by atoms with Gasteiger partial charge in [0.05, 0.1) is 0 Å². The molecule has 0 aliphatic rings. The average molecular weight is 171 g/mol. The van der Waals surface area contributed by atoms with Gasteiger partial charge in [-0.1, -0.05) is 44.1 Å². The molecule has 0 aromatic heterocycles. The molecule has 0 bridgehead atoms. The maximum Gasteiger partial charge on any atom is 0.133 e. The lowest BCUT2D eigenvalue weighted by atomic mass is 10.1.